The summed E-state index contributed by atoms with van der Waals surface area (Å²) in [5, 5.41) is 10.9. The molecule has 0 radical (unpaired) electrons. The van der Waals surface area contributed by atoms with Gasteiger partial charge in [-0.3, -0.25) is 9.59 Å². The minimum atomic E-state index is -1.54. The Bertz CT molecular complexity index is 434. The minimum absolute atomic E-state index is 0.455. The molecular weight excluding hydrogens is 220 g/mol. The van der Waals surface area contributed by atoms with E-state index >= 15 is 0 Å². The van der Waals surface area contributed by atoms with Gasteiger partial charge in [0.25, 0.3) is 0 Å². The number of aliphatic carboxylic acids is 1. The van der Waals surface area contributed by atoms with Crippen LogP contribution in [0.15, 0.2) is 18.2 Å². The van der Waals surface area contributed by atoms with Crippen LogP contribution in [0.25, 0.3) is 0 Å². The molecule has 0 aliphatic carbocycles. The van der Waals surface area contributed by atoms with E-state index in [2.05, 4.69) is 5.32 Å². The van der Waals surface area contributed by atoms with Crippen LogP contribution in [0.4, 0.5) is 8.78 Å². The number of carboxylic acids is 1. The van der Waals surface area contributed by atoms with Gasteiger partial charge >= 0.3 is 5.97 Å². The molecule has 0 fully saturated rings. The number of carbonyl (C=O) groups excluding carboxylic acids is 1. The Balaban J connectivity index is 3.09. The number of carbonyl (C=O) groups is 2. The molecule has 2 N–H and O–H groups in total. The number of likely N-dealkylation sites (N-methyl/N-ethyl adjacent to an activating group) is 1. The smallest absolute Gasteiger partial charge is 0.328 e. The van der Waals surface area contributed by atoms with Crippen molar-refractivity contribution in [3.05, 3.63) is 35.4 Å². The summed E-state index contributed by atoms with van der Waals surface area (Å²) in [5.74, 6) is -4.28. The number of ketones is 1. The Labute approximate surface area is 89.9 Å². The second kappa shape index (κ2) is 4.80. The highest BCUT2D eigenvalue weighted by molar-refractivity contribution is 6.11. The zero-order valence-corrected chi connectivity index (χ0v) is 8.33. The lowest BCUT2D eigenvalue weighted by Crippen LogP contribution is -2.41. The molecule has 6 heteroatoms. The molecule has 0 aliphatic rings. The molecule has 0 bridgehead atoms. The average molecular weight is 229 g/mol. The maximum absolute atomic E-state index is 13.2. The molecule has 0 aromatic heterocycles. The molecule has 1 aromatic carbocycles. The standard InChI is InChI=1S/C10H9F2NO3/c1-13-8(10(15)16)9(14)6-3-2-5(11)4-7(6)12/h2-4,8,13H,1H3,(H,15,16). The fourth-order valence-corrected chi connectivity index (χ4v) is 1.21. The number of rotatable bonds is 4. The van der Waals surface area contributed by atoms with Crippen LogP contribution in [-0.2, 0) is 4.79 Å². The average Bonchev–Trinajstić information content (AvgIpc) is 2.17. The Morgan fingerprint density at radius 1 is 1.38 bits per heavy atom. The maximum Gasteiger partial charge on any atom is 0.328 e. The fraction of sp³-hybridized carbons (Fsp3) is 0.200. The molecule has 4 nitrogen and oxygen atoms in total. The molecule has 0 heterocycles. The number of nitrogens with one attached hydrogen (secondary N) is 1. The molecule has 16 heavy (non-hydrogen) atoms. The molecule has 1 rings (SSSR count). The first-order valence-electron chi connectivity index (χ1n) is 4.36. The van der Waals surface area contributed by atoms with Crippen LogP contribution < -0.4 is 5.32 Å². The van der Waals surface area contributed by atoms with Crippen molar-refractivity contribution in [3.8, 4) is 0 Å². The van der Waals surface area contributed by atoms with Crippen molar-refractivity contribution in [2.24, 2.45) is 0 Å². The van der Waals surface area contributed by atoms with E-state index in [1.54, 1.807) is 0 Å². The van der Waals surface area contributed by atoms with Crippen molar-refractivity contribution in [2.75, 3.05) is 7.05 Å². The predicted molar refractivity (Wildman–Crippen MR) is 51.2 cm³/mol. The van der Waals surface area contributed by atoms with Gasteiger partial charge in [0, 0.05) is 6.07 Å². The van der Waals surface area contributed by atoms with Gasteiger partial charge < -0.3 is 10.4 Å². The maximum atomic E-state index is 13.2. The summed E-state index contributed by atoms with van der Waals surface area (Å²) in [4.78, 5) is 22.2. The van der Waals surface area contributed by atoms with Crippen LogP contribution in [0, 0.1) is 11.6 Å². The zero-order valence-electron chi connectivity index (χ0n) is 8.33. The summed E-state index contributed by atoms with van der Waals surface area (Å²) < 4.78 is 25.7. The van der Waals surface area contributed by atoms with Gasteiger partial charge in [0.05, 0.1) is 5.56 Å². The molecule has 86 valence electrons. The summed E-state index contributed by atoms with van der Waals surface area (Å²) in [6, 6.07) is 0.799. The highest BCUT2D eigenvalue weighted by atomic mass is 19.1. The van der Waals surface area contributed by atoms with Crippen LogP contribution in [0.1, 0.15) is 10.4 Å². The van der Waals surface area contributed by atoms with Crippen LogP contribution >= 0.6 is 0 Å². The van der Waals surface area contributed by atoms with Gasteiger partial charge in [0.2, 0.25) is 0 Å². The van der Waals surface area contributed by atoms with Crippen molar-refractivity contribution >= 4 is 11.8 Å². The van der Waals surface area contributed by atoms with E-state index in [-0.39, 0.29) is 0 Å². The van der Waals surface area contributed by atoms with Crippen molar-refractivity contribution in [1.82, 2.24) is 5.32 Å². The molecule has 1 aromatic rings. The Hall–Kier alpha value is -1.82. The quantitative estimate of drug-likeness (QED) is 0.592. The van der Waals surface area contributed by atoms with Crippen molar-refractivity contribution in [3.63, 3.8) is 0 Å². The lowest BCUT2D eigenvalue weighted by Gasteiger charge is -2.10. The van der Waals surface area contributed by atoms with Crippen LogP contribution in [0.3, 0.4) is 0 Å². The summed E-state index contributed by atoms with van der Waals surface area (Å²) in [6.07, 6.45) is 0. The summed E-state index contributed by atoms with van der Waals surface area (Å²) in [6.45, 7) is 0. The van der Waals surface area contributed by atoms with E-state index in [4.69, 9.17) is 5.11 Å². The fourth-order valence-electron chi connectivity index (χ4n) is 1.21. The number of carboxylic acid groups (broad SMARTS) is 1. The van der Waals surface area contributed by atoms with E-state index in [1.165, 1.54) is 7.05 Å². The predicted octanol–water partition coefficient (Wildman–Crippen LogP) is 0.820. The van der Waals surface area contributed by atoms with Gasteiger partial charge in [-0.25, -0.2) is 8.78 Å². The molecular formula is C10H9F2NO3. The first-order valence-corrected chi connectivity index (χ1v) is 4.36. The molecule has 0 saturated carbocycles. The second-order valence-corrected chi connectivity index (χ2v) is 3.05. The number of halogens is 2. The number of Topliss-reactive ketones (excluding diaryl/α,β-unsaturated/α-hetero) is 1. The zero-order chi connectivity index (χ0) is 12.3. The third-order valence-electron chi connectivity index (χ3n) is 1.99. The van der Waals surface area contributed by atoms with Gasteiger partial charge in [-0.15, -0.1) is 0 Å². The first-order chi connectivity index (χ1) is 7.47. The highest BCUT2D eigenvalue weighted by Gasteiger charge is 2.27. The van der Waals surface area contributed by atoms with Crippen LogP contribution in [-0.4, -0.2) is 29.9 Å². The van der Waals surface area contributed by atoms with E-state index in [0.29, 0.717) is 6.07 Å². The van der Waals surface area contributed by atoms with Crippen molar-refractivity contribution in [1.29, 1.82) is 0 Å². The van der Waals surface area contributed by atoms with Gasteiger partial charge in [-0.05, 0) is 19.2 Å². The van der Waals surface area contributed by atoms with Gasteiger partial charge in [-0.1, -0.05) is 0 Å². The third kappa shape index (κ3) is 2.40. The Morgan fingerprint density at radius 3 is 2.44 bits per heavy atom. The first kappa shape index (κ1) is 12.3. The van der Waals surface area contributed by atoms with Gasteiger partial charge in [0.15, 0.2) is 11.8 Å². The van der Waals surface area contributed by atoms with Gasteiger partial charge in [0.1, 0.15) is 11.6 Å². The Kier molecular flexibility index (Phi) is 3.68. The summed E-state index contributed by atoms with van der Waals surface area (Å²) >= 11 is 0. The second-order valence-electron chi connectivity index (χ2n) is 3.05. The Morgan fingerprint density at radius 2 is 2.00 bits per heavy atom. The van der Waals surface area contributed by atoms with E-state index < -0.39 is 35.0 Å². The van der Waals surface area contributed by atoms with Crippen LogP contribution in [0.5, 0.6) is 0 Å². The summed E-state index contributed by atoms with van der Waals surface area (Å²) in [5.41, 5.74) is -0.455. The molecule has 0 amide bonds. The lowest BCUT2D eigenvalue weighted by atomic mass is 10.0. The minimum Gasteiger partial charge on any atom is -0.480 e. The molecule has 0 aliphatic heterocycles. The SMILES string of the molecule is CNC(C(=O)O)C(=O)c1ccc(F)cc1F. The molecule has 1 atom stereocenters. The molecule has 0 saturated heterocycles. The van der Waals surface area contributed by atoms with Crippen molar-refractivity contribution < 1.29 is 23.5 Å². The van der Waals surface area contributed by atoms with E-state index in [1.807, 2.05) is 0 Å². The topological polar surface area (TPSA) is 66.4 Å². The van der Waals surface area contributed by atoms with Gasteiger partial charge in [-0.2, -0.15) is 0 Å². The highest BCUT2D eigenvalue weighted by Crippen LogP contribution is 2.12. The molecule has 0 spiro atoms. The third-order valence-corrected chi connectivity index (χ3v) is 1.99. The number of hydrogen-bond donors (Lipinski definition) is 2. The molecule has 1 unspecified atom stereocenters. The summed E-state index contributed by atoms with van der Waals surface area (Å²) in [7, 11) is 1.26. The monoisotopic (exact) mass is 229 g/mol. The van der Waals surface area contributed by atoms with Crippen LogP contribution in [0.2, 0.25) is 0 Å². The number of hydrogen-bond acceptors (Lipinski definition) is 3. The number of benzene rings is 1. The normalized spacial score (nSPS) is 12.2. The lowest BCUT2D eigenvalue weighted by molar-refractivity contribution is -0.137. The van der Waals surface area contributed by atoms with E-state index in [0.717, 1.165) is 12.1 Å². The largest absolute Gasteiger partial charge is 0.480 e. The van der Waals surface area contributed by atoms with Crippen molar-refractivity contribution in [2.45, 2.75) is 6.04 Å². The van der Waals surface area contributed by atoms with E-state index in [9.17, 15) is 18.4 Å².